The Morgan fingerprint density at radius 1 is 1.17 bits per heavy atom. The van der Waals surface area contributed by atoms with Crippen molar-refractivity contribution in [1.29, 1.82) is 0 Å². The first-order chi connectivity index (χ1) is 10.7. The lowest BCUT2D eigenvalue weighted by atomic mass is 9.75. The molecule has 1 aromatic carbocycles. The summed E-state index contributed by atoms with van der Waals surface area (Å²) in [7, 11) is -0.544. The van der Waals surface area contributed by atoms with Gasteiger partial charge in [-0.25, -0.2) is 0 Å². The molecule has 0 saturated carbocycles. The largest absolute Gasteiger partial charge is 0.498 e. The van der Waals surface area contributed by atoms with E-state index in [1.165, 1.54) is 0 Å². The monoisotopic (exact) mass is 320 g/mol. The summed E-state index contributed by atoms with van der Waals surface area (Å²) in [6.45, 7) is 12.5. The topological polar surface area (TPSA) is 54.0 Å². The highest BCUT2D eigenvalue weighted by molar-refractivity contribution is 6.63. The summed E-state index contributed by atoms with van der Waals surface area (Å²) in [6, 6.07) is 3.50. The molecule has 0 bridgehead atoms. The van der Waals surface area contributed by atoms with E-state index in [0.717, 1.165) is 17.3 Å². The maximum absolute atomic E-state index is 11.1. The van der Waals surface area contributed by atoms with Gasteiger partial charge < -0.3 is 18.8 Å². The molecule has 0 spiro atoms. The Hall–Kier alpha value is -1.37. The van der Waals surface area contributed by atoms with Gasteiger partial charge in [-0.05, 0) is 59.2 Å². The van der Waals surface area contributed by atoms with Gasteiger partial charge in [0.05, 0.1) is 11.2 Å². The van der Waals surface area contributed by atoms with Crippen LogP contribution in [0.5, 0.6) is 5.75 Å². The van der Waals surface area contributed by atoms with Crippen LogP contribution in [0.25, 0.3) is 0 Å². The lowest BCUT2D eigenvalue weighted by Gasteiger charge is -2.32. The number of carbonyl (C=O) groups is 1. The van der Waals surface area contributed by atoms with Crippen molar-refractivity contribution < 1.29 is 23.6 Å². The smallest absolute Gasteiger partial charge is 0.468 e. The van der Waals surface area contributed by atoms with Crippen LogP contribution in [0.4, 0.5) is 0 Å². The van der Waals surface area contributed by atoms with Crippen LogP contribution in [0.2, 0.25) is 0 Å². The quantitative estimate of drug-likeness (QED) is 0.349. The van der Waals surface area contributed by atoms with Crippen LogP contribution in [0.15, 0.2) is 12.1 Å². The lowest BCUT2D eigenvalue weighted by Crippen LogP contribution is -2.41. The third-order valence-corrected chi connectivity index (χ3v) is 4.50. The number of hydrogen-bond donors (Lipinski definition) is 0. The van der Waals surface area contributed by atoms with Gasteiger partial charge in [-0.15, -0.1) is 0 Å². The first-order valence-electron chi connectivity index (χ1n) is 7.87. The zero-order valence-corrected chi connectivity index (χ0v) is 14.8. The molecule has 1 fully saturated rings. The molecule has 0 aromatic heterocycles. The fourth-order valence-corrected chi connectivity index (χ4v) is 2.43. The summed E-state index contributed by atoms with van der Waals surface area (Å²) in [5.41, 5.74) is 1.36. The molecule has 2 rings (SSSR count). The fourth-order valence-electron chi connectivity index (χ4n) is 2.43. The van der Waals surface area contributed by atoms with Gasteiger partial charge >= 0.3 is 7.12 Å². The van der Waals surface area contributed by atoms with Gasteiger partial charge in [-0.1, -0.05) is 0 Å². The van der Waals surface area contributed by atoms with Crippen LogP contribution in [0, 0.1) is 6.92 Å². The Morgan fingerprint density at radius 3 is 2.30 bits per heavy atom. The number of hydrogen-bond acceptors (Lipinski definition) is 5. The number of carbonyl (C=O) groups excluding carboxylic acids is 1. The molecule has 1 aliphatic heterocycles. The molecule has 1 aliphatic rings. The predicted molar refractivity (Wildman–Crippen MR) is 89.4 cm³/mol. The van der Waals surface area contributed by atoms with Crippen LogP contribution in [0.1, 0.15) is 50.5 Å². The number of aldehydes is 1. The van der Waals surface area contributed by atoms with Crippen molar-refractivity contribution in [2.24, 2.45) is 0 Å². The maximum atomic E-state index is 11.1. The zero-order chi connectivity index (χ0) is 17.3. The van der Waals surface area contributed by atoms with Crippen LogP contribution in [0.3, 0.4) is 0 Å². The first kappa shape index (κ1) is 18.0. The fraction of sp³-hybridized carbons (Fsp3) is 0.588. The minimum atomic E-state index is -0.544. The second kappa shape index (κ2) is 6.63. The highest BCUT2D eigenvalue weighted by Crippen LogP contribution is 2.37. The van der Waals surface area contributed by atoms with E-state index in [2.05, 4.69) is 0 Å². The van der Waals surface area contributed by atoms with Crippen LogP contribution in [-0.4, -0.2) is 38.0 Å². The highest BCUT2D eigenvalue weighted by atomic mass is 16.7. The molecule has 126 valence electrons. The van der Waals surface area contributed by atoms with Gasteiger partial charge in [-0.2, -0.15) is 0 Å². The van der Waals surface area contributed by atoms with Gasteiger partial charge in [0.1, 0.15) is 12.0 Å². The zero-order valence-electron chi connectivity index (χ0n) is 14.8. The first-order valence-corrected chi connectivity index (χ1v) is 7.87. The van der Waals surface area contributed by atoms with Crippen molar-refractivity contribution in [3.8, 4) is 5.75 Å². The molecule has 23 heavy (non-hydrogen) atoms. The van der Waals surface area contributed by atoms with Crippen molar-refractivity contribution >= 4 is 18.9 Å². The van der Waals surface area contributed by atoms with E-state index in [4.69, 9.17) is 18.8 Å². The number of aryl methyl sites for hydroxylation is 1. The van der Waals surface area contributed by atoms with Crippen molar-refractivity contribution in [2.45, 2.75) is 52.7 Å². The minimum absolute atomic E-state index is 0.116. The van der Waals surface area contributed by atoms with Gasteiger partial charge in [0.15, 0.2) is 6.79 Å². The Kier molecular flexibility index (Phi) is 5.18. The number of ether oxygens (including phenoxy) is 2. The average molecular weight is 320 g/mol. The molecule has 0 radical (unpaired) electrons. The number of benzene rings is 1. The van der Waals surface area contributed by atoms with Crippen LogP contribution >= 0.6 is 0 Å². The maximum Gasteiger partial charge on any atom is 0.498 e. The van der Waals surface area contributed by atoms with Crippen molar-refractivity contribution in [3.05, 3.63) is 23.3 Å². The summed E-state index contributed by atoms with van der Waals surface area (Å²) >= 11 is 0. The predicted octanol–water partition coefficient (Wildman–Crippen LogP) is 2.48. The Bertz CT molecular complexity index is 567. The average Bonchev–Trinajstić information content (AvgIpc) is 2.66. The Balaban J connectivity index is 2.39. The molecule has 0 N–H and O–H groups in total. The molecular formula is C17H25BO5. The molecule has 1 aromatic rings. The van der Waals surface area contributed by atoms with Gasteiger partial charge in [0.2, 0.25) is 0 Å². The summed E-state index contributed by atoms with van der Waals surface area (Å²) in [6.07, 6.45) is 0.800. The van der Waals surface area contributed by atoms with Crippen molar-refractivity contribution in [1.82, 2.24) is 0 Å². The number of rotatable bonds is 6. The molecule has 6 heteroatoms. The second-order valence-electron chi connectivity index (χ2n) is 6.71. The molecule has 5 nitrogen and oxygen atoms in total. The summed E-state index contributed by atoms with van der Waals surface area (Å²) < 4.78 is 23.2. The molecule has 1 saturated heterocycles. The summed E-state index contributed by atoms with van der Waals surface area (Å²) in [5.74, 6) is 0.555. The summed E-state index contributed by atoms with van der Waals surface area (Å²) in [5, 5.41) is 0. The van der Waals surface area contributed by atoms with E-state index >= 15 is 0 Å². The standard InChI is InChI=1S/C17H25BO5/c1-7-20-11-21-14-9-13(10-19)8-12(2)15(14)18-22-16(3,4)17(5,6)23-18/h8-10H,7,11H2,1-6H3. The summed E-state index contributed by atoms with van der Waals surface area (Å²) in [4.78, 5) is 11.1. The lowest BCUT2D eigenvalue weighted by molar-refractivity contribution is 0.00578. The van der Waals surface area contributed by atoms with E-state index in [1.807, 2.05) is 41.5 Å². The van der Waals surface area contributed by atoms with Crippen LogP contribution < -0.4 is 10.2 Å². The van der Waals surface area contributed by atoms with E-state index < -0.39 is 18.3 Å². The van der Waals surface area contributed by atoms with E-state index in [9.17, 15) is 4.79 Å². The van der Waals surface area contributed by atoms with Crippen molar-refractivity contribution in [3.63, 3.8) is 0 Å². The van der Waals surface area contributed by atoms with E-state index in [0.29, 0.717) is 17.9 Å². The molecule has 0 atom stereocenters. The molecule has 0 aliphatic carbocycles. The second-order valence-corrected chi connectivity index (χ2v) is 6.71. The van der Waals surface area contributed by atoms with E-state index in [-0.39, 0.29) is 6.79 Å². The normalized spacial score (nSPS) is 19.0. The van der Waals surface area contributed by atoms with Crippen molar-refractivity contribution in [2.75, 3.05) is 13.4 Å². The molecule has 0 unspecified atom stereocenters. The van der Waals surface area contributed by atoms with Crippen LogP contribution in [-0.2, 0) is 14.0 Å². The van der Waals surface area contributed by atoms with E-state index in [1.54, 1.807) is 12.1 Å². The third kappa shape index (κ3) is 3.60. The van der Waals surface area contributed by atoms with Gasteiger partial charge in [0.25, 0.3) is 0 Å². The highest BCUT2D eigenvalue weighted by Gasteiger charge is 2.52. The van der Waals surface area contributed by atoms with Gasteiger partial charge in [0, 0.05) is 17.6 Å². The molecule has 0 amide bonds. The molecular weight excluding hydrogens is 295 g/mol. The minimum Gasteiger partial charge on any atom is -0.468 e. The van der Waals surface area contributed by atoms with Gasteiger partial charge in [-0.3, -0.25) is 4.79 Å². The Morgan fingerprint density at radius 2 is 1.78 bits per heavy atom. The Labute approximate surface area is 138 Å². The third-order valence-electron chi connectivity index (χ3n) is 4.50. The SMILES string of the molecule is CCOCOc1cc(C=O)cc(C)c1B1OC(C)(C)C(C)(C)O1. The molecule has 1 heterocycles.